The monoisotopic (exact) mass is 555 g/mol. The summed E-state index contributed by atoms with van der Waals surface area (Å²) in [5, 5.41) is 12.9. The molecule has 2 aliphatic rings. The maximum absolute atomic E-state index is 15.0. The molecule has 2 saturated heterocycles. The molecular weight excluding hydrogens is 525 g/mol. The molecule has 2 amide bonds. The third-order valence-electron chi connectivity index (χ3n) is 7.32. The van der Waals surface area contributed by atoms with Gasteiger partial charge in [0, 0.05) is 31.0 Å². The predicted molar refractivity (Wildman–Crippen MR) is 148 cm³/mol. The van der Waals surface area contributed by atoms with Crippen LogP contribution in [0.3, 0.4) is 0 Å². The molecule has 38 heavy (non-hydrogen) atoms. The van der Waals surface area contributed by atoms with E-state index in [1.807, 2.05) is 30.3 Å². The Morgan fingerprint density at radius 1 is 1.11 bits per heavy atom. The van der Waals surface area contributed by atoms with Crippen molar-refractivity contribution in [1.29, 1.82) is 0 Å². The summed E-state index contributed by atoms with van der Waals surface area (Å²) >= 11 is 7.25. The Hall–Kier alpha value is -2.88. The number of anilines is 2. The highest BCUT2D eigenvalue weighted by molar-refractivity contribution is 7.15. The van der Waals surface area contributed by atoms with Crippen molar-refractivity contribution in [1.82, 2.24) is 15.1 Å². The highest BCUT2D eigenvalue weighted by Crippen LogP contribution is 2.30. The normalized spacial score (nSPS) is 18.8. The van der Waals surface area contributed by atoms with E-state index in [1.165, 1.54) is 22.3 Å². The van der Waals surface area contributed by atoms with E-state index in [9.17, 15) is 9.59 Å². The average Bonchev–Trinajstić information content (AvgIpc) is 3.51. The minimum Gasteiger partial charge on any atom is -0.309 e. The van der Waals surface area contributed by atoms with Crippen molar-refractivity contribution in [2.24, 2.45) is 11.8 Å². The molecular formula is C28H31ClFN5O2S. The molecule has 0 saturated carbocycles. The molecule has 3 aromatic rings. The molecule has 1 atom stereocenters. The van der Waals surface area contributed by atoms with Crippen molar-refractivity contribution < 1.29 is 14.0 Å². The Morgan fingerprint density at radius 3 is 2.58 bits per heavy atom. The number of hydrogen-bond donors (Lipinski definition) is 1. The molecule has 2 aromatic carbocycles. The first-order valence-corrected chi connectivity index (χ1v) is 14.2. The molecule has 3 heterocycles. The lowest BCUT2D eigenvalue weighted by atomic mass is 9.99. The van der Waals surface area contributed by atoms with E-state index in [0.29, 0.717) is 23.1 Å². The van der Waals surface area contributed by atoms with Crippen LogP contribution >= 0.6 is 22.9 Å². The van der Waals surface area contributed by atoms with Gasteiger partial charge in [0.15, 0.2) is 0 Å². The first kappa shape index (κ1) is 26.7. The van der Waals surface area contributed by atoms with Crippen LogP contribution in [0.15, 0.2) is 42.5 Å². The Balaban J connectivity index is 1.15. The number of hydrogen-bond acceptors (Lipinski definition) is 6. The largest absolute Gasteiger partial charge is 0.309 e. The molecule has 2 fully saturated rings. The van der Waals surface area contributed by atoms with Crippen LogP contribution in [0.1, 0.15) is 42.3 Å². The van der Waals surface area contributed by atoms with Crippen LogP contribution in [-0.4, -0.2) is 46.5 Å². The summed E-state index contributed by atoms with van der Waals surface area (Å²) in [5.74, 6) is -0.846. The van der Waals surface area contributed by atoms with E-state index in [4.69, 9.17) is 11.6 Å². The maximum atomic E-state index is 15.0. The summed E-state index contributed by atoms with van der Waals surface area (Å²) in [6.45, 7) is 5.14. The van der Waals surface area contributed by atoms with Gasteiger partial charge >= 0.3 is 0 Å². The topological polar surface area (TPSA) is 78.4 Å². The molecule has 0 spiro atoms. The van der Waals surface area contributed by atoms with E-state index >= 15 is 4.39 Å². The molecule has 7 nitrogen and oxygen atoms in total. The molecule has 1 N–H and O–H groups in total. The van der Waals surface area contributed by atoms with Gasteiger partial charge in [0.1, 0.15) is 10.8 Å². The van der Waals surface area contributed by atoms with Gasteiger partial charge in [0.2, 0.25) is 16.9 Å². The van der Waals surface area contributed by atoms with Crippen molar-refractivity contribution in [3.05, 3.63) is 69.4 Å². The van der Waals surface area contributed by atoms with E-state index in [-0.39, 0.29) is 30.5 Å². The number of rotatable bonds is 8. The number of aromatic nitrogens is 2. The first-order chi connectivity index (χ1) is 18.3. The number of halogens is 2. The van der Waals surface area contributed by atoms with E-state index < -0.39 is 11.7 Å². The second kappa shape index (κ2) is 11.9. The van der Waals surface area contributed by atoms with Gasteiger partial charge in [-0.05, 0) is 73.7 Å². The fourth-order valence-corrected chi connectivity index (χ4v) is 5.85. The Labute approximate surface area is 231 Å². The number of amides is 2. The first-order valence-electron chi connectivity index (χ1n) is 13.0. The molecule has 1 aromatic heterocycles. The van der Waals surface area contributed by atoms with Gasteiger partial charge in [-0.3, -0.25) is 14.5 Å². The van der Waals surface area contributed by atoms with Gasteiger partial charge in [-0.1, -0.05) is 48.1 Å². The predicted octanol–water partition coefficient (Wildman–Crippen LogP) is 5.34. The summed E-state index contributed by atoms with van der Waals surface area (Å²) in [6, 6.07) is 12.7. The minimum atomic E-state index is -0.585. The standard InChI is InChI=1S/C28H31ClFN5O2S/c1-18-10-12-34(13-11-18)16-20-4-8-24(23(30)14-20)35-17-21(15-26(35)36)27(37)31-28-33-32-25(38-28)9-5-19-2-6-22(29)7-3-19/h2-4,6-8,14,18,21H,5,9-13,15-17H2,1H3,(H,31,33,37). The molecule has 1 unspecified atom stereocenters. The van der Waals surface area contributed by atoms with Crippen molar-refractivity contribution in [2.75, 3.05) is 29.9 Å². The summed E-state index contributed by atoms with van der Waals surface area (Å²) < 4.78 is 15.0. The molecule has 0 aliphatic carbocycles. The van der Waals surface area contributed by atoms with E-state index in [2.05, 4.69) is 27.3 Å². The summed E-state index contributed by atoms with van der Waals surface area (Å²) in [6.07, 6.45) is 3.83. The third-order valence-corrected chi connectivity index (χ3v) is 8.47. The van der Waals surface area contributed by atoms with Crippen molar-refractivity contribution >= 4 is 45.6 Å². The van der Waals surface area contributed by atoms with Gasteiger partial charge < -0.3 is 10.2 Å². The van der Waals surface area contributed by atoms with Crippen LogP contribution in [0, 0.1) is 17.7 Å². The van der Waals surface area contributed by atoms with Crippen LogP contribution in [0.4, 0.5) is 15.2 Å². The number of aryl methyl sites for hydroxylation is 2. The highest BCUT2D eigenvalue weighted by atomic mass is 35.5. The SMILES string of the molecule is CC1CCN(Cc2ccc(N3CC(C(=O)Nc4nnc(CCc5ccc(Cl)cc5)s4)CC3=O)c(F)c2)CC1. The number of piperidine rings is 1. The zero-order valence-corrected chi connectivity index (χ0v) is 22.9. The van der Waals surface area contributed by atoms with Crippen LogP contribution < -0.4 is 10.2 Å². The van der Waals surface area contributed by atoms with Crippen LogP contribution in [0.2, 0.25) is 5.02 Å². The molecule has 0 bridgehead atoms. The zero-order valence-electron chi connectivity index (χ0n) is 21.3. The Bertz CT molecular complexity index is 1290. The molecule has 10 heteroatoms. The number of nitrogens with zero attached hydrogens (tertiary/aromatic N) is 4. The number of likely N-dealkylation sites (tertiary alicyclic amines) is 1. The lowest BCUT2D eigenvalue weighted by molar-refractivity contribution is -0.122. The number of carbonyl (C=O) groups is 2. The Morgan fingerprint density at radius 2 is 1.84 bits per heavy atom. The fourth-order valence-electron chi connectivity index (χ4n) is 4.98. The van der Waals surface area contributed by atoms with Gasteiger partial charge in [-0.15, -0.1) is 10.2 Å². The lowest BCUT2D eigenvalue weighted by Crippen LogP contribution is -2.32. The second-order valence-electron chi connectivity index (χ2n) is 10.3. The van der Waals surface area contributed by atoms with Crippen molar-refractivity contribution in [2.45, 2.75) is 45.6 Å². The van der Waals surface area contributed by atoms with Crippen LogP contribution in [0.25, 0.3) is 0 Å². The summed E-state index contributed by atoms with van der Waals surface area (Å²) in [5.41, 5.74) is 2.26. The van der Waals surface area contributed by atoms with Gasteiger partial charge in [-0.2, -0.15) is 0 Å². The number of carbonyl (C=O) groups excluding carboxylic acids is 2. The van der Waals surface area contributed by atoms with Crippen LogP contribution in [0.5, 0.6) is 0 Å². The highest BCUT2D eigenvalue weighted by Gasteiger charge is 2.36. The van der Waals surface area contributed by atoms with Gasteiger partial charge in [0.05, 0.1) is 11.6 Å². The van der Waals surface area contributed by atoms with E-state index in [1.54, 1.807) is 6.07 Å². The summed E-state index contributed by atoms with van der Waals surface area (Å²) in [4.78, 5) is 29.3. The Kier molecular flexibility index (Phi) is 8.35. The molecule has 2 aliphatic heterocycles. The van der Waals surface area contributed by atoms with E-state index in [0.717, 1.165) is 54.4 Å². The van der Waals surface area contributed by atoms with Crippen molar-refractivity contribution in [3.63, 3.8) is 0 Å². The quantitative estimate of drug-likeness (QED) is 0.406. The molecule has 5 rings (SSSR count). The molecule has 0 radical (unpaired) electrons. The average molecular weight is 556 g/mol. The minimum absolute atomic E-state index is 0.0290. The number of benzene rings is 2. The number of nitrogens with one attached hydrogen (secondary N) is 1. The van der Waals surface area contributed by atoms with Crippen molar-refractivity contribution in [3.8, 4) is 0 Å². The van der Waals surface area contributed by atoms with Gasteiger partial charge in [0.25, 0.3) is 0 Å². The smallest absolute Gasteiger partial charge is 0.231 e. The second-order valence-corrected chi connectivity index (χ2v) is 11.8. The zero-order chi connectivity index (χ0) is 26.6. The van der Waals surface area contributed by atoms with Crippen LogP contribution in [-0.2, 0) is 29.0 Å². The molecule has 200 valence electrons. The fraction of sp³-hybridized carbons (Fsp3) is 0.429. The maximum Gasteiger partial charge on any atom is 0.231 e. The lowest BCUT2D eigenvalue weighted by Gasteiger charge is -2.30. The summed E-state index contributed by atoms with van der Waals surface area (Å²) in [7, 11) is 0. The van der Waals surface area contributed by atoms with Gasteiger partial charge in [-0.25, -0.2) is 4.39 Å². The third kappa shape index (κ3) is 6.57.